The van der Waals surface area contributed by atoms with Crippen LogP contribution in [0.4, 0.5) is 0 Å². The van der Waals surface area contributed by atoms with Gasteiger partial charge in [0.05, 0.1) is 5.52 Å². The molecule has 6 heteroatoms. The molecule has 118 valence electrons. The van der Waals surface area contributed by atoms with Crippen molar-refractivity contribution in [1.82, 2.24) is 14.8 Å². The molecule has 1 heterocycles. The number of Topliss-reactive ketones (excluding diaryl/α,β-unsaturated/α-hetero) is 1. The zero-order valence-corrected chi connectivity index (χ0v) is 13.8. The lowest BCUT2D eigenvalue weighted by Gasteiger charge is -2.11. The minimum atomic E-state index is -0.0890. The third kappa shape index (κ3) is 3.87. The smallest absolute Gasteiger partial charge is 0.239 e. The number of benzene rings is 1. The van der Waals surface area contributed by atoms with Crippen LogP contribution in [0.25, 0.3) is 10.9 Å². The van der Waals surface area contributed by atoms with Gasteiger partial charge >= 0.3 is 0 Å². The van der Waals surface area contributed by atoms with E-state index in [9.17, 15) is 9.59 Å². The van der Waals surface area contributed by atoms with E-state index in [-0.39, 0.29) is 18.2 Å². The lowest BCUT2D eigenvalue weighted by molar-refractivity contribution is -0.121. The lowest BCUT2D eigenvalue weighted by Crippen LogP contribution is -2.33. The summed E-state index contributed by atoms with van der Waals surface area (Å²) >= 11 is 6.03. The predicted octanol–water partition coefficient (Wildman–Crippen LogP) is 2.18. The fourth-order valence-corrected chi connectivity index (χ4v) is 2.47. The van der Waals surface area contributed by atoms with Gasteiger partial charge in [0, 0.05) is 35.3 Å². The molecule has 0 radical (unpaired) electrons. The highest BCUT2D eigenvalue weighted by Gasteiger charge is 2.14. The minimum absolute atomic E-state index is 0.0286. The summed E-state index contributed by atoms with van der Waals surface area (Å²) in [5, 5.41) is 4.26. The Bertz CT molecular complexity index is 707. The summed E-state index contributed by atoms with van der Waals surface area (Å²) in [5.74, 6) is -0.118. The first-order valence-corrected chi connectivity index (χ1v) is 7.47. The maximum absolute atomic E-state index is 12.0. The average molecular weight is 322 g/mol. The van der Waals surface area contributed by atoms with Crippen molar-refractivity contribution in [2.24, 2.45) is 0 Å². The molecule has 5 nitrogen and oxygen atoms in total. The second-order valence-electron chi connectivity index (χ2n) is 5.54. The summed E-state index contributed by atoms with van der Waals surface area (Å²) in [4.78, 5) is 25.8. The molecule has 0 saturated carbocycles. The Balaban J connectivity index is 2.22. The molecule has 1 aromatic heterocycles. The topological polar surface area (TPSA) is 54.3 Å². The van der Waals surface area contributed by atoms with Crippen molar-refractivity contribution < 1.29 is 9.59 Å². The Morgan fingerprint density at radius 3 is 2.68 bits per heavy atom. The molecule has 0 unspecified atom stereocenters. The lowest BCUT2D eigenvalue weighted by atomic mass is 10.1. The van der Waals surface area contributed by atoms with E-state index in [0.29, 0.717) is 17.1 Å². The standard InChI is InChI=1S/C16H20ClN3O2/c1-11(21)14-9-20(10-16(22)18-6-7-19(2)3)15-8-12(17)4-5-13(14)15/h4-5,8-9H,6-7,10H2,1-3H3,(H,18,22). The molecule has 0 aliphatic heterocycles. The number of fused-ring (bicyclic) bond motifs is 1. The number of carbonyl (C=O) groups excluding carboxylic acids is 2. The second kappa shape index (κ2) is 6.94. The molecule has 0 bridgehead atoms. The number of nitrogens with one attached hydrogen (secondary N) is 1. The summed E-state index contributed by atoms with van der Waals surface area (Å²) in [5.41, 5.74) is 1.40. The number of nitrogens with zero attached hydrogens (tertiary/aromatic N) is 2. The van der Waals surface area contributed by atoms with Gasteiger partial charge in [-0.3, -0.25) is 9.59 Å². The van der Waals surface area contributed by atoms with Crippen molar-refractivity contribution in [1.29, 1.82) is 0 Å². The van der Waals surface area contributed by atoms with Gasteiger partial charge in [0.15, 0.2) is 5.78 Å². The first-order valence-electron chi connectivity index (χ1n) is 7.09. The van der Waals surface area contributed by atoms with E-state index in [0.717, 1.165) is 17.4 Å². The first-order chi connectivity index (χ1) is 10.4. The van der Waals surface area contributed by atoms with Crippen LogP contribution in [0, 0.1) is 0 Å². The van der Waals surface area contributed by atoms with Crippen molar-refractivity contribution in [3.63, 3.8) is 0 Å². The highest BCUT2D eigenvalue weighted by Crippen LogP contribution is 2.25. The molecule has 0 fully saturated rings. The summed E-state index contributed by atoms with van der Waals surface area (Å²) in [6.07, 6.45) is 1.72. The normalized spacial score (nSPS) is 11.1. The summed E-state index contributed by atoms with van der Waals surface area (Å²) in [6.45, 7) is 3.05. The summed E-state index contributed by atoms with van der Waals surface area (Å²) in [6, 6.07) is 5.34. The average Bonchev–Trinajstić information content (AvgIpc) is 2.76. The molecule has 2 aromatic rings. The molecule has 0 aliphatic carbocycles. The number of hydrogen-bond donors (Lipinski definition) is 1. The Kier molecular flexibility index (Phi) is 5.21. The molecule has 1 aromatic carbocycles. The molecule has 0 saturated heterocycles. The van der Waals surface area contributed by atoms with Crippen LogP contribution in [-0.2, 0) is 11.3 Å². The van der Waals surface area contributed by atoms with Gasteiger partial charge in [0.1, 0.15) is 6.54 Å². The van der Waals surface area contributed by atoms with Crippen LogP contribution >= 0.6 is 11.6 Å². The van der Waals surface area contributed by atoms with E-state index in [1.54, 1.807) is 22.9 Å². The molecule has 0 aliphatic rings. The van der Waals surface area contributed by atoms with Crippen molar-refractivity contribution in [2.45, 2.75) is 13.5 Å². The van der Waals surface area contributed by atoms with Gasteiger partial charge in [-0.15, -0.1) is 0 Å². The monoisotopic (exact) mass is 321 g/mol. The van der Waals surface area contributed by atoms with Crippen molar-refractivity contribution in [2.75, 3.05) is 27.2 Å². The van der Waals surface area contributed by atoms with Crippen LogP contribution in [0.5, 0.6) is 0 Å². The van der Waals surface area contributed by atoms with Gasteiger partial charge in [-0.1, -0.05) is 17.7 Å². The maximum Gasteiger partial charge on any atom is 0.239 e. The zero-order valence-electron chi connectivity index (χ0n) is 13.0. The second-order valence-corrected chi connectivity index (χ2v) is 5.98. The molecule has 1 N–H and O–H groups in total. The van der Waals surface area contributed by atoms with E-state index in [1.807, 2.05) is 25.1 Å². The van der Waals surface area contributed by atoms with Gasteiger partial charge in [0.2, 0.25) is 5.91 Å². The number of aromatic nitrogens is 1. The molecule has 2 rings (SSSR count). The van der Waals surface area contributed by atoms with Crippen molar-refractivity contribution in [3.8, 4) is 0 Å². The first kappa shape index (κ1) is 16.5. The van der Waals surface area contributed by atoms with E-state index < -0.39 is 0 Å². The predicted molar refractivity (Wildman–Crippen MR) is 88.5 cm³/mol. The van der Waals surface area contributed by atoms with Gasteiger partial charge in [-0.25, -0.2) is 0 Å². The summed E-state index contributed by atoms with van der Waals surface area (Å²) < 4.78 is 1.77. The Hall–Kier alpha value is -1.85. The van der Waals surface area contributed by atoms with E-state index in [4.69, 9.17) is 11.6 Å². The molecular formula is C16H20ClN3O2. The fourth-order valence-electron chi connectivity index (χ4n) is 2.31. The molecule has 0 spiro atoms. The Labute approximate surface area is 134 Å². The molecule has 22 heavy (non-hydrogen) atoms. The number of rotatable bonds is 6. The largest absolute Gasteiger partial charge is 0.353 e. The zero-order chi connectivity index (χ0) is 16.3. The van der Waals surface area contributed by atoms with Crippen LogP contribution in [0.1, 0.15) is 17.3 Å². The quantitative estimate of drug-likeness (QED) is 0.830. The SMILES string of the molecule is CC(=O)c1cn(CC(=O)NCCN(C)C)c2cc(Cl)ccc12. The molecule has 0 atom stereocenters. The van der Waals surface area contributed by atoms with Crippen LogP contribution in [-0.4, -0.2) is 48.3 Å². The summed E-state index contributed by atoms with van der Waals surface area (Å²) in [7, 11) is 3.90. The van der Waals surface area contributed by atoms with Crippen LogP contribution in [0.15, 0.2) is 24.4 Å². The van der Waals surface area contributed by atoms with Gasteiger partial charge in [0.25, 0.3) is 0 Å². The van der Waals surface area contributed by atoms with E-state index in [1.165, 1.54) is 6.92 Å². The van der Waals surface area contributed by atoms with E-state index >= 15 is 0 Å². The number of amides is 1. The van der Waals surface area contributed by atoms with Gasteiger partial charge in [-0.2, -0.15) is 0 Å². The number of carbonyl (C=O) groups is 2. The molecular weight excluding hydrogens is 302 g/mol. The van der Waals surface area contributed by atoms with E-state index in [2.05, 4.69) is 5.32 Å². The maximum atomic E-state index is 12.0. The number of likely N-dealkylation sites (N-methyl/N-ethyl adjacent to an activating group) is 1. The third-order valence-electron chi connectivity index (χ3n) is 3.42. The third-order valence-corrected chi connectivity index (χ3v) is 3.65. The fraction of sp³-hybridized carbons (Fsp3) is 0.375. The van der Waals surface area contributed by atoms with Crippen LogP contribution in [0.2, 0.25) is 5.02 Å². The number of hydrogen-bond acceptors (Lipinski definition) is 3. The van der Waals surface area contributed by atoms with Gasteiger partial charge in [-0.05, 0) is 33.2 Å². The van der Waals surface area contributed by atoms with Crippen LogP contribution < -0.4 is 5.32 Å². The number of ketones is 1. The number of halogens is 1. The van der Waals surface area contributed by atoms with Gasteiger partial charge < -0.3 is 14.8 Å². The Morgan fingerprint density at radius 2 is 2.05 bits per heavy atom. The highest BCUT2D eigenvalue weighted by atomic mass is 35.5. The van der Waals surface area contributed by atoms with Crippen molar-refractivity contribution in [3.05, 3.63) is 35.0 Å². The molecule has 1 amide bonds. The highest BCUT2D eigenvalue weighted by molar-refractivity contribution is 6.31. The van der Waals surface area contributed by atoms with Crippen LogP contribution in [0.3, 0.4) is 0 Å². The van der Waals surface area contributed by atoms with Crippen molar-refractivity contribution >= 4 is 34.2 Å². The Morgan fingerprint density at radius 1 is 1.32 bits per heavy atom. The minimum Gasteiger partial charge on any atom is -0.353 e.